The fourth-order valence-electron chi connectivity index (χ4n) is 1.33. The molecular weight excluding hydrogens is 191 g/mol. The van der Waals surface area contributed by atoms with Gasteiger partial charge in [-0.2, -0.15) is 0 Å². The maximum absolute atomic E-state index is 12.8. The lowest BCUT2D eigenvalue weighted by Crippen LogP contribution is -2.20. The van der Waals surface area contributed by atoms with E-state index in [1.807, 2.05) is 26.8 Å². The Bertz CT molecular complexity index is 350. The molecule has 0 aliphatic heterocycles. The van der Waals surface area contributed by atoms with Gasteiger partial charge in [0.15, 0.2) is 0 Å². The van der Waals surface area contributed by atoms with Crippen LogP contribution < -0.4 is 0 Å². The topological polar surface area (TPSA) is 17.1 Å². The molecule has 1 aromatic rings. The van der Waals surface area contributed by atoms with Crippen molar-refractivity contribution in [1.82, 2.24) is 0 Å². The van der Waals surface area contributed by atoms with Crippen LogP contribution in [0.1, 0.15) is 32.8 Å². The minimum atomic E-state index is -0.298. The van der Waals surface area contributed by atoms with Gasteiger partial charge < -0.3 is 0 Å². The average Bonchev–Trinajstić information content (AvgIpc) is 2.12. The number of aryl methyl sites for hydroxylation is 1. The van der Waals surface area contributed by atoms with E-state index in [9.17, 15) is 9.18 Å². The van der Waals surface area contributed by atoms with Crippen molar-refractivity contribution in [1.29, 1.82) is 0 Å². The fourth-order valence-corrected chi connectivity index (χ4v) is 1.33. The van der Waals surface area contributed by atoms with Gasteiger partial charge in [0, 0.05) is 11.8 Å². The first kappa shape index (κ1) is 11.9. The standard InChI is InChI=1S/C13H17FO/c1-13(2,3)12(15)8-7-10-5-4-6-11(14)9-10/h4-6,9H,7-8H2,1-3H3. The molecule has 0 atom stereocenters. The summed E-state index contributed by atoms with van der Waals surface area (Å²) >= 11 is 0. The molecule has 0 aliphatic rings. The van der Waals surface area contributed by atoms with Crippen molar-refractivity contribution >= 4 is 5.78 Å². The lowest BCUT2D eigenvalue weighted by atomic mass is 9.87. The molecule has 0 saturated carbocycles. The zero-order valence-corrected chi connectivity index (χ0v) is 9.51. The van der Waals surface area contributed by atoms with Crippen LogP contribution in [-0.2, 0) is 11.2 Å². The second-order valence-corrected chi connectivity index (χ2v) is 4.80. The molecule has 0 N–H and O–H groups in total. The lowest BCUT2D eigenvalue weighted by Gasteiger charge is -2.16. The third kappa shape index (κ3) is 3.82. The van der Waals surface area contributed by atoms with Gasteiger partial charge in [-0.3, -0.25) is 4.79 Å². The van der Waals surface area contributed by atoms with E-state index in [0.29, 0.717) is 12.8 Å². The summed E-state index contributed by atoms with van der Waals surface area (Å²) in [6.07, 6.45) is 1.10. The summed E-state index contributed by atoms with van der Waals surface area (Å²) in [5, 5.41) is 0. The summed E-state index contributed by atoms with van der Waals surface area (Å²) in [5.41, 5.74) is 0.584. The first-order valence-electron chi connectivity index (χ1n) is 5.17. The molecule has 0 radical (unpaired) electrons. The molecular formula is C13H17FO. The normalized spacial score (nSPS) is 11.5. The number of halogens is 1. The minimum absolute atomic E-state index is 0.215. The molecule has 1 aromatic carbocycles. The molecule has 0 aliphatic carbocycles. The lowest BCUT2D eigenvalue weighted by molar-refractivity contribution is -0.126. The number of hydrogen-bond acceptors (Lipinski definition) is 1. The number of Topliss-reactive ketones (excluding diaryl/α,β-unsaturated/α-hetero) is 1. The van der Waals surface area contributed by atoms with Gasteiger partial charge in [0.1, 0.15) is 11.6 Å². The van der Waals surface area contributed by atoms with Crippen molar-refractivity contribution in [3.05, 3.63) is 35.6 Å². The maximum atomic E-state index is 12.8. The summed E-state index contributed by atoms with van der Waals surface area (Å²) in [5.74, 6) is -0.0255. The Balaban J connectivity index is 2.55. The van der Waals surface area contributed by atoms with Gasteiger partial charge in [0.25, 0.3) is 0 Å². The van der Waals surface area contributed by atoms with Crippen molar-refractivity contribution in [2.45, 2.75) is 33.6 Å². The molecule has 82 valence electrons. The highest BCUT2D eigenvalue weighted by atomic mass is 19.1. The Morgan fingerprint density at radius 2 is 2.00 bits per heavy atom. The van der Waals surface area contributed by atoms with Crippen molar-refractivity contribution in [3.63, 3.8) is 0 Å². The Morgan fingerprint density at radius 3 is 2.53 bits per heavy atom. The van der Waals surface area contributed by atoms with Gasteiger partial charge in [0.05, 0.1) is 0 Å². The van der Waals surface area contributed by atoms with Crippen molar-refractivity contribution < 1.29 is 9.18 Å². The van der Waals surface area contributed by atoms with Gasteiger partial charge in [-0.25, -0.2) is 4.39 Å². The summed E-state index contributed by atoms with van der Waals surface area (Å²) < 4.78 is 12.8. The molecule has 0 fully saturated rings. The largest absolute Gasteiger partial charge is 0.299 e. The van der Waals surface area contributed by atoms with Crippen LogP contribution in [0.4, 0.5) is 4.39 Å². The van der Waals surface area contributed by atoms with E-state index < -0.39 is 0 Å². The van der Waals surface area contributed by atoms with Crippen LogP contribution in [0, 0.1) is 11.2 Å². The number of rotatable bonds is 3. The SMILES string of the molecule is CC(C)(C)C(=O)CCc1cccc(F)c1. The summed E-state index contributed by atoms with van der Waals surface area (Å²) in [4.78, 5) is 11.6. The molecule has 2 heteroatoms. The summed E-state index contributed by atoms with van der Waals surface area (Å²) in [6.45, 7) is 5.71. The van der Waals surface area contributed by atoms with E-state index in [-0.39, 0.29) is 17.0 Å². The van der Waals surface area contributed by atoms with Crippen LogP contribution >= 0.6 is 0 Å². The second-order valence-electron chi connectivity index (χ2n) is 4.80. The van der Waals surface area contributed by atoms with Crippen LogP contribution in [0.5, 0.6) is 0 Å². The quantitative estimate of drug-likeness (QED) is 0.744. The smallest absolute Gasteiger partial charge is 0.138 e. The molecule has 1 rings (SSSR count). The van der Waals surface area contributed by atoms with E-state index in [1.54, 1.807) is 6.07 Å². The summed E-state index contributed by atoms with van der Waals surface area (Å²) in [7, 11) is 0. The molecule has 0 aromatic heterocycles. The molecule has 0 saturated heterocycles. The fraction of sp³-hybridized carbons (Fsp3) is 0.462. The highest BCUT2D eigenvalue weighted by Crippen LogP contribution is 2.18. The maximum Gasteiger partial charge on any atom is 0.138 e. The van der Waals surface area contributed by atoms with Crippen LogP contribution in [0.15, 0.2) is 24.3 Å². The molecule has 0 heterocycles. The first-order valence-corrected chi connectivity index (χ1v) is 5.17. The molecule has 0 bridgehead atoms. The Hall–Kier alpha value is -1.18. The van der Waals surface area contributed by atoms with Crippen LogP contribution in [-0.4, -0.2) is 5.78 Å². The zero-order chi connectivity index (χ0) is 11.5. The minimum Gasteiger partial charge on any atom is -0.299 e. The van der Waals surface area contributed by atoms with E-state index in [1.165, 1.54) is 12.1 Å². The van der Waals surface area contributed by atoms with Crippen LogP contribution in [0.3, 0.4) is 0 Å². The monoisotopic (exact) mass is 208 g/mol. The number of carbonyl (C=O) groups is 1. The van der Waals surface area contributed by atoms with Crippen LogP contribution in [0.2, 0.25) is 0 Å². The number of ketones is 1. The predicted molar refractivity (Wildman–Crippen MR) is 59.2 cm³/mol. The first-order chi connectivity index (χ1) is 6.89. The third-order valence-corrected chi connectivity index (χ3v) is 2.37. The van der Waals surface area contributed by atoms with E-state index in [0.717, 1.165) is 5.56 Å². The molecule has 0 spiro atoms. The molecule has 0 amide bonds. The predicted octanol–water partition coefficient (Wildman–Crippen LogP) is 3.37. The zero-order valence-electron chi connectivity index (χ0n) is 9.51. The Kier molecular flexibility index (Phi) is 3.61. The third-order valence-electron chi connectivity index (χ3n) is 2.37. The van der Waals surface area contributed by atoms with Gasteiger partial charge in [-0.15, -0.1) is 0 Å². The van der Waals surface area contributed by atoms with Gasteiger partial charge in [-0.05, 0) is 24.1 Å². The van der Waals surface area contributed by atoms with Crippen molar-refractivity contribution in [2.24, 2.45) is 5.41 Å². The Labute approximate surface area is 90.3 Å². The molecule has 15 heavy (non-hydrogen) atoms. The molecule has 1 nitrogen and oxygen atoms in total. The van der Waals surface area contributed by atoms with Gasteiger partial charge in [0.2, 0.25) is 0 Å². The average molecular weight is 208 g/mol. The van der Waals surface area contributed by atoms with Crippen molar-refractivity contribution in [3.8, 4) is 0 Å². The van der Waals surface area contributed by atoms with Gasteiger partial charge >= 0.3 is 0 Å². The van der Waals surface area contributed by atoms with E-state index in [2.05, 4.69) is 0 Å². The highest BCUT2D eigenvalue weighted by Gasteiger charge is 2.20. The highest BCUT2D eigenvalue weighted by molar-refractivity contribution is 5.83. The van der Waals surface area contributed by atoms with E-state index >= 15 is 0 Å². The number of benzene rings is 1. The van der Waals surface area contributed by atoms with Gasteiger partial charge in [-0.1, -0.05) is 32.9 Å². The van der Waals surface area contributed by atoms with E-state index in [4.69, 9.17) is 0 Å². The Morgan fingerprint density at radius 1 is 1.33 bits per heavy atom. The number of carbonyl (C=O) groups excluding carboxylic acids is 1. The van der Waals surface area contributed by atoms with Crippen molar-refractivity contribution in [2.75, 3.05) is 0 Å². The second kappa shape index (κ2) is 4.56. The number of hydrogen-bond donors (Lipinski definition) is 0. The molecule has 0 unspecified atom stereocenters. The van der Waals surface area contributed by atoms with Crippen LogP contribution in [0.25, 0.3) is 0 Å². The summed E-state index contributed by atoms with van der Waals surface area (Å²) in [6, 6.07) is 6.41.